The van der Waals surface area contributed by atoms with Crippen molar-refractivity contribution in [2.45, 2.75) is 34.7 Å². The quantitative estimate of drug-likeness (QED) is 0.383. The monoisotopic (exact) mass is 508 g/mol. The molecule has 0 amide bonds. The van der Waals surface area contributed by atoms with Gasteiger partial charge in [-0.1, -0.05) is 51.5 Å². The van der Waals surface area contributed by atoms with Gasteiger partial charge in [0.05, 0.1) is 22.8 Å². The van der Waals surface area contributed by atoms with Crippen molar-refractivity contribution in [3.8, 4) is 16.6 Å². The number of ether oxygens (including phenoxy) is 1. The van der Waals surface area contributed by atoms with Crippen molar-refractivity contribution in [3.63, 3.8) is 0 Å². The van der Waals surface area contributed by atoms with E-state index in [9.17, 15) is 24.8 Å². The van der Waals surface area contributed by atoms with E-state index in [2.05, 4.69) is 15.3 Å². The van der Waals surface area contributed by atoms with Crippen molar-refractivity contribution >= 4 is 46.3 Å². The first-order valence-corrected chi connectivity index (χ1v) is 11.3. The molecule has 0 spiro atoms. The summed E-state index contributed by atoms with van der Waals surface area (Å²) >= 11 is 13.7. The smallest absolute Gasteiger partial charge is 0.271 e. The van der Waals surface area contributed by atoms with E-state index in [0.29, 0.717) is 16.3 Å². The predicted octanol–water partition coefficient (Wildman–Crippen LogP) is 2.33. The van der Waals surface area contributed by atoms with Crippen molar-refractivity contribution in [1.29, 1.82) is 0 Å². The minimum atomic E-state index is -1.31. The first-order valence-electron chi connectivity index (χ1n) is 8.79. The Kier molecular flexibility index (Phi) is 6.70. The number of nitrogens with zero attached hydrogens (tertiary/aromatic N) is 4. The van der Waals surface area contributed by atoms with Crippen LogP contribution in [0.15, 0.2) is 28.6 Å². The van der Waals surface area contributed by atoms with Crippen molar-refractivity contribution in [2.24, 2.45) is 0 Å². The van der Waals surface area contributed by atoms with E-state index in [4.69, 9.17) is 27.9 Å². The molecule has 1 fully saturated rings. The molecule has 2 aromatic heterocycles. The normalized spacial score (nSPS) is 26.3. The first-order chi connectivity index (χ1) is 14.8. The van der Waals surface area contributed by atoms with Crippen molar-refractivity contribution in [3.05, 3.63) is 39.6 Å². The fourth-order valence-electron chi connectivity index (χ4n) is 3.13. The number of thiazole rings is 1. The number of aliphatic hydroxyl groups excluding tert-OH is 3. The maximum atomic E-state index is 13.7. The molecule has 14 heteroatoms. The molecule has 3 heterocycles. The van der Waals surface area contributed by atoms with Crippen molar-refractivity contribution in [2.75, 3.05) is 6.61 Å². The maximum absolute atomic E-state index is 13.7. The highest BCUT2D eigenvalue weighted by Crippen LogP contribution is 2.40. The molecule has 1 saturated heterocycles. The second-order valence-electron chi connectivity index (χ2n) is 6.62. The lowest BCUT2D eigenvalue weighted by molar-refractivity contribution is -0.178. The van der Waals surface area contributed by atoms with Gasteiger partial charge in [-0.3, -0.25) is 0 Å². The number of halogens is 3. The number of rotatable bonds is 5. The molecule has 1 aliphatic heterocycles. The van der Waals surface area contributed by atoms with E-state index >= 15 is 0 Å². The topological polar surface area (TPSA) is 134 Å². The van der Waals surface area contributed by atoms with E-state index in [1.54, 1.807) is 5.38 Å². The first kappa shape index (κ1) is 22.7. The van der Waals surface area contributed by atoms with Gasteiger partial charge in [0.15, 0.2) is 5.82 Å². The summed E-state index contributed by atoms with van der Waals surface area (Å²) in [6.45, 7) is -0.520. The second kappa shape index (κ2) is 9.16. The van der Waals surface area contributed by atoms with E-state index < -0.39 is 42.2 Å². The summed E-state index contributed by atoms with van der Waals surface area (Å²) in [6.07, 6.45) is -2.19. The zero-order valence-corrected chi connectivity index (χ0v) is 18.5. The fraction of sp³-hybridized carbons (Fsp3) is 0.353. The molecule has 3 unspecified atom stereocenters. The molecule has 166 valence electrons. The lowest BCUT2D eigenvalue weighted by Gasteiger charge is -2.41. The third kappa shape index (κ3) is 4.52. The third-order valence-corrected chi connectivity index (χ3v) is 6.95. The van der Waals surface area contributed by atoms with Crippen LogP contribution in [0.3, 0.4) is 0 Å². The Morgan fingerprint density at radius 1 is 1.19 bits per heavy atom. The maximum Gasteiger partial charge on any atom is 0.271 e. The number of aromatic hydroxyl groups is 1. The van der Waals surface area contributed by atoms with E-state index in [0.717, 1.165) is 23.1 Å². The molecule has 1 aromatic carbocycles. The van der Waals surface area contributed by atoms with E-state index in [-0.39, 0.29) is 15.2 Å². The van der Waals surface area contributed by atoms with Crippen LogP contribution in [0.4, 0.5) is 4.39 Å². The lowest BCUT2D eigenvalue weighted by atomic mass is 9.97. The van der Waals surface area contributed by atoms with Crippen LogP contribution in [-0.2, 0) is 4.74 Å². The molecular weight excluding hydrogens is 494 g/mol. The van der Waals surface area contributed by atoms with Crippen molar-refractivity contribution in [1.82, 2.24) is 20.0 Å². The lowest BCUT2D eigenvalue weighted by Crippen LogP contribution is -2.55. The summed E-state index contributed by atoms with van der Waals surface area (Å²) in [4.78, 5) is 4.33. The summed E-state index contributed by atoms with van der Waals surface area (Å²) in [5, 5.41) is 49.7. The van der Waals surface area contributed by atoms with Gasteiger partial charge in [0, 0.05) is 10.3 Å². The van der Waals surface area contributed by atoms with Gasteiger partial charge < -0.3 is 25.2 Å². The summed E-state index contributed by atoms with van der Waals surface area (Å²) < 4.78 is 20.6. The minimum Gasteiger partial charge on any atom is -0.486 e. The average Bonchev–Trinajstić information content (AvgIpc) is 3.37. The highest BCUT2D eigenvalue weighted by atomic mass is 35.5. The zero-order chi connectivity index (χ0) is 22.3. The highest BCUT2D eigenvalue weighted by Gasteiger charge is 2.46. The van der Waals surface area contributed by atoms with Gasteiger partial charge in [0.2, 0.25) is 0 Å². The van der Waals surface area contributed by atoms with Crippen LogP contribution in [0.2, 0.25) is 10.0 Å². The van der Waals surface area contributed by atoms with Gasteiger partial charge in [-0.05, 0) is 12.1 Å². The molecule has 1 aliphatic rings. The standard InChI is InChI=1S/C17H15Cl2FN4O5S2/c18-7-1-6(2-8(19)12(7)20)31-16-15(27)13(14(26)11(4-25)29-16)24-3-9(22-23-24)10-5-30-17(28)21-10/h1-3,5,11,13-16,25-27H,4H2,(H,21,28)/t11?,13?,14-,15?,16+/m0/s1. The molecule has 4 N–H and O–H groups in total. The van der Waals surface area contributed by atoms with Gasteiger partial charge in [-0.25, -0.2) is 14.1 Å². The summed E-state index contributed by atoms with van der Waals surface area (Å²) in [5.41, 5.74) is -0.270. The Bertz CT molecular complexity index is 1060. The Balaban J connectivity index is 1.62. The van der Waals surface area contributed by atoms with Crippen molar-refractivity contribution < 1.29 is 29.6 Å². The highest BCUT2D eigenvalue weighted by molar-refractivity contribution is 7.99. The Labute approximate surface area is 193 Å². The van der Waals surface area contributed by atoms with Crippen LogP contribution in [0, 0.1) is 5.82 Å². The van der Waals surface area contributed by atoms with Crippen LogP contribution < -0.4 is 0 Å². The van der Waals surface area contributed by atoms with Crippen LogP contribution in [0.5, 0.6) is 5.19 Å². The number of hydrogen-bond acceptors (Lipinski definition) is 10. The molecule has 0 aliphatic carbocycles. The number of aromatic nitrogens is 4. The number of thioether (sulfide) groups is 1. The van der Waals surface area contributed by atoms with E-state index in [1.165, 1.54) is 23.0 Å². The largest absolute Gasteiger partial charge is 0.486 e. The third-order valence-electron chi connectivity index (χ3n) is 4.63. The zero-order valence-electron chi connectivity index (χ0n) is 15.3. The van der Waals surface area contributed by atoms with Gasteiger partial charge >= 0.3 is 0 Å². The van der Waals surface area contributed by atoms with Gasteiger partial charge in [-0.2, -0.15) is 0 Å². The Morgan fingerprint density at radius 2 is 1.90 bits per heavy atom. The molecule has 0 radical (unpaired) electrons. The predicted molar refractivity (Wildman–Crippen MR) is 112 cm³/mol. The number of aliphatic hydroxyl groups is 3. The summed E-state index contributed by atoms with van der Waals surface area (Å²) in [6, 6.07) is 1.64. The molecule has 31 heavy (non-hydrogen) atoms. The van der Waals surface area contributed by atoms with Crippen LogP contribution in [0.1, 0.15) is 6.04 Å². The van der Waals surface area contributed by atoms with Crippen LogP contribution >= 0.6 is 46.3 Å². The fourth-order valence-corrected chi connectivity index (χ4v) is 5.43. The van der Waals surface area contributed by atoms with Crippen LogP contribution in [-0.4, -0.2) is 70.8 Å². The SMILES string of the molecule is OCC1O[C@H](Sc2cc(Cl)c(F)c(Cl)c2)C(O)C(n2cc(-c3csc(O)n3)nn2)[C@H]1O. The second-order valence-corrected chi connectivity index (χ2v) is 9.44. The van der Waals surface area contributed by atoms with Crippen LogP contribution in [0.25, 0.3) is 11.4 Å². The number of benzene rings is 1. The molecule has 5 atom stereocenters. The molecular formula is C17H15Cl2FN4O5S2. The number of hydrogen-bond donors (Lipinski definition) is 4. The Hall–Kier alpha value is -1.51. The molecule has 4 rings (SSSR count). The minimum absolute atomic E-state index is 0.135. The summed E-state index contributed by atoms with van der Waals surface area (Å²) in [5.74, 6) is -0.762. The van der Waals surface area contributed by atoms with E-state index in [1.807, 2.05) is 0 Å². The van der Waals surface area contributed by atoms with Gasteiger partial charge in [0.25, 0.3) is 5.19 Å². The average molecular weight is 509 g/mol. The molecule has 0 saturated carbocycles. The van der Waals surface area contributed by atoms with Gasteiger partial charge in [0.1, 0.15) is 41.2 Å². The molecule has 0 bridgehead atoms. The molecule has 9 nitrogen and oxygen atoms in total. The van der Waals surface area contributed by atoms with Gasteiger partial charge in [-0.15, -0.1) is 5.10 Å². The molecule has 3 aromatic rings. The summed E-state index contributed by atoms with van der Waals surface area (Å²) in [7, 11) is 0. The Morgan fingerprint density at radius 3 is 2.52 bits per heavy atom.